The van der Waals surface area contributed by atoms with Crippen molar-refractivity contribution in [1.29, 1.82) is 0 Å². The van der Waals surface area contributed by atoms with Gasteiger partial charge in [0.2, 0.25) is 5.13 Å². The molecule has 0 saturated heterocycles. The minimum absolute atomic E-state index is 0.212. The van der Waals surface area contributed by atoms with Crippen molar-refractivity contribution in [3.63, 3.8) is 0 Å². The summed E-state index contributed by atoms with van der Waals surface area (Å²) in [6.45, 7) is 4.37. The van der Waals surface area contributed by atoms with Crippen molar-refractivity contribution in [1.82, 2.24) is 9.36 Å². The first-order valence-corrected chi connectivity index (χ1v) is 5.72. The summed E-state index contributed by atoms with van der Waals surface area (Å²) in [5.74, 6) is 0.541. The third-order valence-electron chi connectivity index (χ3n) is 2.27. The molecule has 2 rings (SSSR count). The molecule has 0 atom stereocenters. The molecule has 5 heteroatoms. The van der Waals surface area contributed by atoms with Gasteiger partial charge in [0.15, 0.2) is 0 Å². The minimum atomic E-state index is -0.212. The second kappa shape index (κ2) is 4.57. The fraction of sp³-hybridized carbons (Fsp3) is 0.273. The van der Waals surface area contributed by atoms with Gasteiger partial charge < -0.3 is 5.32 Å². The average Bonchev–Trinajstić information content (AvgIpc) is 2.66. The van der Waals surface area contributed by atoms with E-state index in [-0.39, 0.29) is 5.82 Å². The smallest absolute Gasteiger partial charge is 0.202 e. The van der Waals surface area contributed by atoms with Crippen molar-refractivity contribution < 1.29 is 4.39 Å². The Balaban J connectivity index is 2.07. The number of hydrogen-bond donors (Lipinski definition) is 1. The van der Waals surface area contributed by atoms with Crippen LogP contribution in [-0.2, 0) is 6.54 Å². The van der Waals surface area contributed by atoms with Gasteiger partial charge in [-0.15, -0.1) is 0 Å². The molecule has 84 valence electrons. The largest absolute Gasteiger partial charge is 0.356 e. The van der Waals surface area contributed by atoms with Gasteiger partial charge in [-0.05, 0) is 37.1 Å². The van der Waals surface area contributed by atoms with Crippen molar-refractivity contribution in [2.24, 2.45) is 0 Å². The van der Waals surface area contributed by atoms with Crippen molar-refractivity contribution >= 4 is 16.7 Å². The first-order chi connectivity index (χ1) is 7.65. The van der Waals surface area contributed by atoms with Crippen LogP contribution < -0.4 is 5.32 Å². The molecule has 0 bridgehead atoms. The van der Waals surface area contributed by atoms with Gasteiger partial charge in [-0.3, -0.25) is 0 Å². The number of halogens is 1. The lowest BCUT2D eigenvalue weighted by Gasteiger charge is -2.06. The van der Waals surface area contributed by atoms with Crippen LogP contribution in [-0.4, -0.2) is 9.36 Å². The number of nitrogens with one attached hydrogen (secondary N) is 1. The van der Waals surface area contributed by atoms with E-state index in [9.17, 15) is 4.39 Å². The molecule has 0 spiro atoms. The molecule has 0 aliphatic rings. The third-order valence-corrected chi connectivity index (χ3v) is 3.03. The van der Waals surface area contributed by atoms with Gasteiger partial charge in [-0.25, -0.2) is 9.37 Å². The van der Waals surface area contributed by atoms with Crippen molar-refractivity contribution in [2.45, 2.75) is 20.4 Å². The Kier molecular flexibility index (Phi) is 3.14. The van der Waals surface area contributed by atoms with Crippen LogP contribution in [0.15, 0.2) is 18.2 Å². The molecule has 0 aliphatic heterocycles. The lowest BCUT2D eigenvalue weighted by Crippen LogP contribution is -2.01. The Morgan fingerprint density at radius 2 is 2.19 bits per heavy atom. The molecule has 3 nitrogen and oxygen atoms in total. The van der Waals surface area contributed by atoms with E-state index in [1.54, 1.807) is 6.07 Å². The van der Waals surface area contributed by atoms with Crippen molar-refractivity contribution in [2.75, 3.05) is 5.32 Å². The second-order valence-electron chi connectivity index (χ2n) is 3.57. The first-order valence-electron chi connectivity index (χ1n) is 4.94. The third kappa shape index (κ3) is 2.55. The normalized spacial score (nSPS) is 10.4. The van der Waals surface area contributed by atoms with Crippen LogP contribution in [0.3, 0.4) is 0 Å². The molecule has 0 radical (unpaired) electrons. The molecule has 1 aromatic heterocycles. The predicted molar refractivity (Wildman–Crippen MR) is 63.1 cm³/mol. The summed E-state index contributed by atoms with van der Waals surface area (Å²) < 4.78 is 17.1. The zero-order chi connectivity index (χ0) is 11.5. The number of anilines is 1. The Morgan fingerprint density at radius 3 is 2.88 bits per heavy atom. The van der Waals surface area contributed by atoms with Gasteiger partial charge in [-0.2, -0.15) is 4.37 Å². The van der Waals surface area contributed by atoms with E-state index in [1.165, 1.54) is 23.7 Å². The Morgan fingerprint density at radius 1 is 1.38 bits per heavy atom. The molecule has 0 saturated carbocycles. The molecule has 1 N–H and O–H groups in total. The van der Waals surface area contributed by atoms with Gasteiger partial charge in [0.25, 0.3) is 0 Å². The molecule has 0 unspecified atom stereocenters. The van der Waals surface area contributed by atoms with E-state index in [2.05, 4.69) is 14.7 Å². The van der Waals surface area contributed by atoms with E-state index >= 15 is 0 Å². The zero-order valence-electron chi connectivity index (χ0n) is 9.12. The van der Waals surface area contributed by atoms with E-state index in [0.717, 1.165) is 22.1 Å². The summed E-state index contributed by atoms with van der Waals surface area (Å²) in [4.78, 5) is 4.18. The average molecular weight is 237 g/mol. The zero-order valence-corrected chi connectivity index (χ0v) is 9.94. The maximum Gasteiger partial charge on any atom is 0.202 e. The van der Waals surface area contributed by atoms with Crippen LogP contribution in [0.25, 0.3) is 0 Å². The van der Waals surface area contributed by atoms with Gasteiger partial charge in [0, 0.05) is 18.1 Å². The number of benzene rings is 1. The number of hydrogen-bond acceptors (Lipinski definition) is 4. The highest BCUT2D eigenvalue weighted by molar-refractivity contribution is 7.09. The number of rotatable bonds is 3. The molecular weight excluding hydrogens is 225 g/mol. The summed E-state index contributed by atoms with van der Waals surface area (Å²) >= 11 is 1.31. The first kappa shape index (κ1) is 11.0. The molecule has 1 aromatic carbocycles. The van der Waals surface area contributed by atoms with E-state index < -0.39 is 0 Å². The topological polar surface area (TPSA) is 37.8 Å². The lowest BCUT2D eigenvalue weighted by molar-refractivity contribution is 0.625. The van der Waals surface area contributed by atoms with Crippen LogP contribution in [0.4, 0.5) is 9.52 Å². The van der Waals surface area contributed by atoms with Crippen LogP contribution >= 0.6 is 11.5 Å². The van der Waals surface area contributed by atoms with E-state index in [0.29, 0.717) is 6.54 Å². The lowest BCUT2D eigenvalue weighted by atomic mass is 10.1. The molecular formula is C11H12FN3S. The molecule has 2 aromatic rings. The quantitative estimate of drug-likeness (QED) is 0.892. The summed E-state index contributed by atoms with van der Waals surface area (Å²) in [6, 6.07) is 4.78. The van der Waals surface area contributed by atoms with Crippen LogP contribution in [0, 0.1) is 19.7 Å². The highest BCUT2D eigenvalue weighted by Crippen LogP contribution is 2.15. The minimum Gasteiger partial charge on any atom is -0.356 e. The summed E-state index contributed by atoms with van der Waals surface area (Å²) in [6.07, 6.45) is 0. The van der Waals surface area contributed by atoms with E-state index in [4.69, 9.17) is 0 Å². The van der Waals surface area contributed by atoms with E-state index in [1.807, 2.05) is 13.8 Å². The predicted octanol–water partition coefficient (Wildman–Crippen LogP) is 2.91. The van der Waals surface area contributed by atoms with Gasteiger partial charge in [0.1, 0.15) is 11.6 Å². The Hall–Kier alpha value is -1.49. The summed E-state index contributed by atoms with van der Waals surface area (Å²) in [7, 11) is 0. The Labute approximate surface area is 97.5 Å². The summed E-state index contributed by atoms with van der Waals surface area (Å²) in [5.41, 5.74) is 2.00. The maximum atomic E-state index is 13.0. The van der Waals surface area contributed by atoms with Gasteiger partial charge in [0.05, 0.1) is 0 Å². The van der Waals surface area contributed by atoms with Crippen molar-refractivity contribution in [3.8, 4) is 0 Å². The van der Waals surface area contributed by atoms with Gasteiger partial charge in [-0.1, -0.05) is 6.07 Å². The standard InChI is InChI=1S/C11H12FN3S/c1-7-3-4-10(12)5-9(7)6-13-11-14-8(2)15-16-11/h3-5H,6H2,1-2H3,(H,13,14,15). The fourth-order valence-corrected chi connectivity index (χ4v) is 1.94. The molecule has 16 heavy (non-hydrogen) atoms. The SMILES string of the molecule is Cc1nsc(NCc2cc(F)ccc2C)n1. The van der Waals surface area contributed by atoms with Gasteiger partial charge >= 0.3 is 0 Å². The highest BCUT2D eigenvalue weighted by atomic mass is 32.1. The molecule has 1 heterocycles. The molecule has 0 aliphatic carbocycles. The number of aromatic nitrogens is 2. The Bertz CT molecular complexity index is 496. The van der Waals surface area contributed by atoms with Crippen LogP contribution in [0.1, 0.15) is 17.0 Å². The molecule has 0 fully saturated rings. The second-order valence-corrected chi connectivity index (χ2v) is 4.32. The highest BCUT2D eigenvalue weighted by Gasteiger charge is 2.03. The maximum absolute atomic E-state index is 13.0. The van der Waals surface area contributed by atoms with Crippen LogP contribution in [0.5, 0.6) is 0 Å². The fourth-order valence-electron chi connectivity index (χ4n) is 1.37. The number of aryl methyl sites for hydroxylation is 2. The van der Waals surface area contributed by atoms with Crippen molar-refractivity contribution in [3.05, 3.63) is 41.0 Å². The monoisotopic (exact) mass is 237 g/mol. The summed E-state index contributed by atoms with van der Waals surface area (Å²) in [5, 5.41) is 3.89. The number of nitrogens with zero attached hydrogens (tertiary/aromatic N) is 2. The van der Waals surface area contributed by atoms with Crippen LogP contribution in [0.2, 0.25) is 0 Å². The molecule has 0 amide bonds.